The minimum atomic E-state index is -0.0664. The molecule has 2 aromatic rings. The molecule has 0 saturated carbocycles. The van der Waals surface area contributed by atoms with Gasteiger partial charge in [0, 0.05) is 62.8 Å². The average molecular weight is 385 g/mol. The van der Waals surface area contributed by atoms with Crippen LogP contribution in [0.5, 0.6) is 0 Å². The zero-order valence-electron chi connectivity index (χ0n) is 16.5. The molecule has 2 amide bonds. The third kappa shape index (κ3) is 3.37. The lowest BCUT2D eigenvalue weighted by molar-refractivity contribution is 0.00971. The Bertz CT molecular complexity index is 799. The number of hydrogen-bond acceptors (Lipinski definition) is 6. The minimum absolute atomic E-state index is 0.0269. The number of rotatable bonds is 4. The van der Waals surface area contributed by atoms with Crippen molar-refractivity contribution in [2.75, 3.05) is 39.4 Å². The fourth-order valence-corrected chi connectivity index (χ4v) is 4.42. The number of carbonyl (C=O) groups excluding carboxylic acids is 1. The molecular weight excluding hydrogens is 358 g/mol. The largest absolute Gasteiger partial charge is 0.420 e. The summed E-state index contributed by atoms with van der Waals surface area (Å²) in [6.45, 7) is 8.16. The van der Waals surface area contributed by atoms with E-state index in [-0.39, 0.29) is 17.4 Å². The van der Waals surface area contributed by atoms with Crippen LogP contribution in [0.25, 0.3) is 11.5 Å². The van der Waals surface area contributed by atoms with Crippen molar-refractivity contribution < 1.29 is 13.9 Å². The molecule has 0 bridgehead atoms. The van der Waals surface area contributed by atoms with Crippen LogP contribution in [0.3, 0.4) is 0 Å². The molecule has 8 heteroatoms. The quantitative estimate of drug-likeness (QED) is 0.805. The van der Waals surface area contributed by atoms with Crippen LogP contribution in [0.4, 0.5) is 4.79 Å². The second kappa shape index (κ2) is 7.87. The van der Waals surface area contributed by atoms with E-state index in [1.54, 1.807) is 12.4 Å². The van der Waals surface area contributed by atoms with Gasteiger partial charge in [-0.2, -0.15) is 0 Å². The van der Waals surface area contributed by atoms with Crippen molar-refractivity contribution in [1.82, 2.24) is 25.0 Å². The number of urea groups is 1. The van der Waals surface area contributed by atoms with E-state index in [4.69, 9.17) is 9.15 Å². The van der Waals surface area contributed by atoms with Gasteiger partial charge in [0.25, 0.3) is 0 Å². The molecule has 2 fully saturated rings. The smallest absolute Gasteiger partial charge is 0.320 e. The first kappa shape index (κ1) is 18.9. The number of carbonyl (C=O) groups is 1. The van der Waals surface area contributed by atoms with Crippen LogP contribution in [0, 0.1) is 5.41 Å². The van der Waals surface area contributed by atoms with Gasteiger partial charge in [-0.25, -0.2) is 4.79 Å². The highest BCUT2D eigenvalue weighted by atomic mass is 16.5. The van der Waals surface area contributed by atoms with Crippen LogP contribution < -0.4 is 0 Å². The van der Waals surface area contributed by atoms with Gasteiger partial charge in [0.2, 0.25) is 11.8 Å². The second-order valence-corrected chi connectivity index (χ2v) is 7.54. The third-order valence-electron chi connectivity index (χ3n) is 6.11. The summed E-state index contributed by atoms with van der Waals surface area (Å²) < 4.78 is 11.7. The van der Waals surface area contributed by atoms with Gasteiger partial charge in [0.15, 0.2) is 0 Å². The lowest BCUT2D eigenvalue weighted by Crippen LogP contribution is -2.43. The van der Waals surface area contributed by atoms with E-state index >= 15 is 0 Å². The molecular formula is C20H27N5O3. The van der Waals surface area contributed by atoms with Crippen molar-refractivity contribution in [3.63, 3.8) is 0 Å². The zero-order valence-corrected chi connectivity index (χ0v) is 16.5. The van der Waals surface area contributed by atoms with Gasteiger partial charge in [-0.15, -0.1) is 10.2 Å². The number of pyridine rings is 1. The number of aromatic nitrogens is 3. The van der Waals surface area contributed by atoms with Crippen molar-refractivity contribution in [3.05, 3.63) is 30.4 Å². The number of hydrogen-bond donors (Lipinski definition) is 0. The number of nitrogens with zero attached hydrogens (tertiary/aromatic N) is 5. The standard InChI is InChI=1S/C20H27N5O3/c1-3-24(4-2)19(26)25-13-16(20(14-25)7-11-27-12-8-20)18-23-22-17(28-18)15-5-9-21-10-6-15/h5-6,9-10,16H,3-4,7-8,11-14H2,1-2H3. The Morgan fingerprint density at radius 1 is 1.21 bits per heavy atom. The Kier molecular flexibility index (Phi) is 5.30. The van der Waals surface area contributed by atoms with Crippen LogP contribution in [0.1, 0.15) is 38.5 Å². The van der Waals surface area contributed by atoms with Gasteiger partial charge in [0.05, 0.1) is 5.92 Å². The molecule has 2 aliphatic heterocycles. The van der Waals surface area contributed by atoms with Gasteiger partial charge in [-0.05, 0) is 38.8 Å². The van der Waals surface area contributed by atoms with Crippen LogP contribution in [0.2, 0.25) is 0 Å². The first-order valence-electron chi connectivity index (χ1n) is 10.0. The highest BCUT2D eigenvalue weighted by Gasteiger charge is 2.52. The molecule has 8 nitrogen and oxygen atoms in total. The predicted molar refractivity (Wildman–Crippen MR) is 103 cm³/mol. The molecule has 2 saturated heterocycles. The SMILES string of the molecule is CCN(CC)C(=O)N1CC(c2nnc(-c3ccncc3)o2)C2(CCOCC2)C1. The van der Waals surface area contributed by atoms with E-state index in [0.717, 1.165) is 18.4 Å². The molecule has 2 aliphatic rings. The summed E-state index contributed by atoms with van der Waals surface area (Å²) in [5, 5.41) is 8.63. The lowest BCUT2D eigenvalue weighted by Gasteiger charge is -2.36. The minimum Gasteiger partial charge on any atom is -0.420 e. The molecule has 1 spiro atoms. The Morgan fingerprint density at radius 3 is 2.61 bits per heavy atom. The first-order valence-corrected chi connectivity index (χ1v) is 10.0. The molecule has 1 unspecified atom stereocenters. The summed E-state index contributed by atoms with van der Waals surface area (Å²) in [7, 11) is 0. The highest BCUT2D eigenvalue weighted by Crippen LogP contribution is 2.49. The Balaban J connectivity index is 1.62. The molecule has 0 aliphatic carbocycles. The maximum atomic E-state index is 13.0. The van der Waals surface area contributed by atoms with Gasteiger partial charge in [0.1, 0.15) is 0 Å². The van der Waals surface area contributed by atoms with Crippen LogP contribution in [0.15, 0.2) is 28.9 Å². The van der Waals surface area contributed by atoms with Gasteiger partial charge < -0.3 is 19.0 Å². The van der Waals surface area contributed by atoms with Crippen LogP contribution in [-0.4, -0.2) is 70.4 Å². The summed E-state index contributed by atoms with van der Waals surface area (Å²) in [5.74, 6) is 1.13. The molecule has 1 atom stereocenters. The number of ether oxygens (including phenoxy) is 1. The summed E-state index contributed by atoms with van der Waals surface area (Å²) in [5.41, 5.74) is 0.784. The fraction of sp³-hybridized carbons (Fsp3) is 0.600. The summed E-state index contributed by atoms with van der Waals surface area (Å²) in [4.78, 5) is 20.8. The second-order valence-electron chi connectivity index (χ2n) is 7.54. The van der Waals surface area contributed by atoms with Gasteiger partial charge in [-0.3, -0.25) is 4.98 Å². The predicted octanol–water partition coefficient (Wildman–Crippen LogP) is 2.79. The van der Waals surface area contributed by atoms with E-state index in [1.807, 2.05) is 35.8 Å². The van der Waals surface area contributed by atoms with Gasteiger partial charge in [-0.1, -0.05) is 0 Å². The summed E-state index contributed by atoms with van der Waals surface area (Å²) in [6.07, 6.45) is 5.21. The zero-order chi connectivity index (χ0) is 19.6. The van der Waals surface area contributed by atoms with Crippen molar-refractivity contribution >= 4 is 6.03 Å². The molecule has 0 aromatic carbocycles. The molecule has 2 aromatic heterocycles. The third-order valence-corrected chi connectivity index (χ3v) is 6.11. The molecule has 4 rings (SSSR count). The molecule has 28 heavy (non-hydrogen) atoms. The van der Waals surface area contributed by atoms with Gasteiger partial charge >= 0.3 is 6.03 Å². The Hall–Kier alpha value is -2.48. The van der Waals surface area contributed by atoms with E-state index in [0.29, 0.717) is 51.2 Å². The van der Waals surface area contributed by atoms with Crippen LogP contribution in [-0.2, 0) is 4.74 Å². The monoisotopic (exact) mass is 385 g/mol. The molecule has 150 valence electrons. The van der Waals surface area contributed by atoms with Crippen molar-refractivity contribution in [2.45, 2.75) is 32.6 Å². The molecule has 0 N–H and O–H groups in total. The molecule has 4 heterocycles. The average Bonchev–Trinajstić information content (AvgIpc) is 3.35. The Morgan fingerprint density at radius 2 is 1.93 bits per heavy atom. The first-order chi connectivity index (χ1) is 13.7. The molecule has 0 radical (unpaired) electrons. The number of likely N-dealkylation sites (tertiary alicyclic amines) is 1. The van der Waals surface area contributed by atoms with Crippen molar-refractivity contribution in [1.29, 1.82) is 0 Å². The summed E-state index contributed by atoms with van der Waals surface area (Å²) in [6, 6.07) is 3.80. The maximum Gasteiger partial charge on any atom is 0.320 e. The van der Waals surface area contributed by atoms with E-state index in [9.17, 15) is 4.79 Å². The topological polar surface area (TPSA) is 84.6 Å². The van der Waals surface area contributed by atoms with E-state index in [1.165, 1.54) is 0 Å². The maximum absolute atomic E-state index is 13.0. The Labute approximate surface area is 164 Å². The lowest BCUT2D eigenvalue weighted by atomic mass is 9.72. The van der Waals surface area contributed by atoms with Crippen molar-refractivity contribution in [3.8, 4) is 11.5 Å². The fourth-order valence-electron chi connectivity index (χ4n) is 4.42. The van der Waals surface area contributed by atoms with E-state index < -0.39 is 0 Å². The summed E-state index contributed by atoms with van der Waals surface area (Å²) >= 11 is 0. The van der Waals surface area contributed by atoms with Crippen molar-refractivity contribution in [2.24, 2.45) is 5.41 Å². The van der Waals surface area contributed by atoms with Crippen LogP contribution >= 0.6 is 0 Å². The van der Waals surface area contributed by atoms with E-state index in [2.05, 4.69) is 15.2 Å². The normalized spacial score (nSPS) is 21.2. The highest BCUT2D eigenvalue weighted by molar-refractivity contribution is 5.75. The number of amides is 2.